The van der Waals surface area contributed by atoms with Gasteiger partial charge in [0.2, 0.25) is 5.82 Å². The fourth-order valence-electron chi connectivity index (χ4n) is 3.64. The largest absolute Gasteiger partial charge is 0.493 e. The zero-order chi connectivity index (χ0) is 28.6. The molecule has 1 heterocycles. The lowest BCUT2D eigenvalue weighted by Gasteiger charge is -2.15. The third kappa shape index (κ3) is 5.15. The molecule has 1 aliphatic heterocycles. The summed E-state index contributed by atoms with van der Waals surface area (Å²) in [6.07, 6.45) is 1.25. The highest BCUT2D eigenvalue weighted by Gasteiger charge is 2.37. The molecule has 0 atom stereocenters. The molecular weight excluding hydrogens is 551 g/mol. The van der Waals surface area contributed by atoms with Crippen LogP contribution in [0.4, 0.5) is 27.6 Å². The highest BCUT2D eigenvalue weighted by atomic mass is 35.5. The SMILES string of the molecule is COc1cc(/C=C2/C(=O)N(c3c(F)c(F)c(F)c(F)c3F)N=C2C)cc(Cl)c1OCc1ccc(C(=O)O)cc1. The number of aromatic carboxylic acids is 1. The van der Waals surface area contributed by atoms with Gasteiger partial charge in [0.25, 0.3) is 5.91 Å². The van der Waals surface area contributed by atoms with E-state index in [0.29, 0.717) is 5.56 Å². The quantitative estimate of drug-likeness (QED) is 0.161. The first-order chi connectivity index (χ1) is 18.4. The Kier molecular flexibility index (Phi) is 7.59. The van der Waals surface area contributed by atoms with Crippen molar-refractivity contribution >= 4 is 41.0 Å². The summed E-state index contributed by atoms with van der Waals surface area (Å²) >= 11 is 6.36. The van der Waals surface area contributed by atoms with Crippen LogP contribution in [0.15, 0.2) is 47.1 Å². The number of carbonyl (C=O) groups excluding carboxylic acids is 1. The van der Waals surface area contributed by atoms with Crippen LogP contribution < -0.4 is 14.5 Å². The maximum Gasteiger partial charge on any atom is 0.335 e. The van der Waals surface area contributed by atoms with Crippen molar-refractivity contribution in [2.45, 2.75) is 13.5 Å². The highest BCUT2D eigenvalue weighted by molar-refractivity contribution is 6.33. The van der Waals surface area contributed by atoms with Gasteiger partial charge in [0.05, 0.1) is 29.0 Å². The van der Waals surface area contributed by atoms with Crippen molar-refractivity contribution in [2.24, 2.45) is 5.10 Å². The average Bonchev–Trinajstić information content (AvgIpc) is 3.18. The number of hydrogen-bond acceptors (Lipinski definition) is 5. The summed E-state index contributed by atoms with van der Waals surface area (Å²) in [5, 5.41) is 12.8. The molecule has 0 aliphatic carbocycles. The summed E-state index contributed by atoms with van der Waals surface area (Å²) in [6, 6.07) is 8.77. The molecular formula is C26H16ClF5N2O5. The number of hydrogen-bond donors (Lipinski definition) is 1. The van der Waals surface area contributed by atoms with Gasteiger partial charge in [0.15, 0.2) is 34.8 Å². The van der Waals surface area contributed by atoms with E-state index in [9.17, 15) is 31.5 Å². The van der Waals surface area contributed by atoms with Crippen molar-refractivity contribution in [1.29, 1.82) is 0 Å². The van der Waals surface area contributed by atoms with Crippen LogP contribution in [0.25, 0.3) is 6.08 Å². The molecule has 202 valence electrons. The third-order valence-electron chi connectivity index (χ3n) is 5.61. The molecule has 3 aromatic rings. The minimum atomic E-state index is -2.36. The number of carboxylic acid groups (broad SMARTS) is 1. The summed E-state index contributed by atoms with van der Waals surface area (Å²) in [6.45, 7) is 1.32. The lowest BCUT2D eigenvalue weighted by molar-refractivity contribution is -0.114. The van der Waals surface area contributed by atoms with E-state index < -0.39 is 46.6 Å². The van der Waals surface area contributed by atoms with Gasteiger partial charge in [0.1, 0.15) is 12.3 Å². The van der Waals surface area contributed by atoms with Gasteiger partial charge in [-0.3, -0.25) is 4.79 Å². The second kappa shape index (κ2) is 10.7. The maximum absolute atomic E-state index is 14.3. The van der Waals surface area contributed by atoms with Crippen molar-refractivity contribution in [3.63, 3.8) is 0 Å². The fourth-order valence-corrected chi connectivity index (χ4v) is 3.92. The molecule has 0 fully saturated rings. The number of carboxylic acids is 1. The molecule has 0 aromatic heterocycles. The zero-order valence-corrected chi connectivity index (χ0v) is 20.7. The van der Waals surface area contributed by atoms with E-state index in [1.807, 2.05) is 0 Å². The van der Waals surface area contributed by atoms with Crippen LogP contribution in [0, 0.1) is 29.1 Å². The van der Waals surface area contributed by atoms with Gasteiger partial charge in [-0.05, 0) is 48.4 Å². The van der Waals surface area contributed by atoms with Crippen molar-refractivity contribution in [2.75, 3.05) is 12.1 Å². The van der Waals surface area contributed by atoms with Crippen LogP contribution in [0.1, 0.15) is 28.4 Å². The lowest BCUT2D eigenvalue weighted by Crippen LogP contribution is -2.25. The van der Waals surface area contributed by atoms with E-state index in [1.165, 1.54) is 44.4 Å². The standard InChI is InChI=1S/C26H16ClF5N2O5/c1-11-15(25(35)34(33-11)23-21(31)19(29)18(28)20(30)22(23)32)7-13-8-16(27)24(17(9-13)38-2)39-10-12-3-5-14(6-4-12)26(36)37/h3-9H,10H2,1-2H3,(H,36,37)/b15-7+. The van der Waals surface area contributed by atoms with E-state index in [-0.39, 0.29) is 50.5 Å². The van der Waals surface area contributed by atoms with Gasteiger partial charge in [-0.1, -0.05) is 23.7 Å². The molecule has 0 saturated carbocycles. The van der Waals surface area contributed by atoms with Crippen LogP contribution in [0.3, 0.4) is 0 Å². The molecule has 13 heteroatoms. The summed E-state index contributed by atoms with van der Waals surface area (Å²) < 4.78 is 80.4. The van der Waals surface area contributed by atoms with Gasteiger partial charge in [-0.25, -0.2) is 26.7 Å². The van der Waals surface area contributed by atoms with Crippen LogP contribution in [0.5, 0.6) is 11.5 Å². The molecule has 4 rings (SSSR count). The molecule has 3 aromatic carbocycles. The second-order valence-electron chi connectivity index (χ2n) is 8.10. The number of rotatable bonds is 7. The fraction of sp³-hybridized carbons (Fsp3) is 0.115. The Morgan fingerprint density at radius 1 is 1.03 bits per heavy atom. The molecule has 1 amide bonds. The molecule has 0 spiro atoms. The van der Waals surface area contributed by atoms with Gasteiger partial charge in [-0.15, -0.1) is 0 Å². The monoisotopic (exact) mass is 566 g/mol. The number of anilines is 1. The van der Waals surface area contributed by atoms with Crippen molar-refractivity contribution in [3.05, 3.63) is 92.8 Å². The van der Waals surface area contributed by atoms with Gasteiger partial charge in [-0.2, -0.15) is 10.1 Å². The highest BCUT2D eigenvalue weighted by Crippen LogP contribution is 2.39. The van der Waals surface area contributed by atoms with Crippen molar-refractivity contribution in [3.8, 4) is 11.5 Å². The first-order valence-corrected chi connectivity index (χ1v) is 11.3. The Bertz CT molecular complexity index is 1550. The smallest absolute Gasteiger partial charge is 0.335 e. The predicted octanol–water partition coefficient (Wildman–Crippen LogP) is 6.13. The topological polar surface area (TPSA) is 88.4 Å². The summed E-state index contributed by atoms with van der Waals surface area (Å²) in [5.74, 6) is -13.1. The minimum Gasteiger partial charge on any atom is -0.493 e. The predicted molar refractivity (Wildman–Crippen MR) is 131 cm³/mol. The molecule has 0 saturated heterocycles. The Labute approximate surface area is 222 Å². The minimum absolute atomic E-state index is 0.0115. The molecule has 0 unspecified atom stereocenters. The Hall–Kier alpha value is -4.45. The van der Waals surface area contributed by atoms with Crippen molar-refractivity contribution in [1.82, 2.24) is 0 Å². The molecule has 7 nitrogen and oxygen atoms in total. The number of carbonyl (C=O) groups is 2. The number of ether oxygens (including phenoxy) is 2. The Balaban J connectivity index is 1.62. The molecule has 1 aliphatic rings. The summed E-state index contributed by atoms with van der Waals surface area (Å²) in [5.41, 5.74) is -0.762. The summed E-state index contributed by atoms with van der Waals surface area (Å²) in [4.78, 5) is 23.9. The van der Waals surface area contributed by atoms with Crippen LogP contribution in [0.2, 0.25) is 5.02 Å². The number of benzene rings is 3. The molecule has 39 heavy (non-hydrogen) atoms. The second-order valence-corrected chi connectivity index (χ2v) is 8.51. The lowest BCUT2D eigenvalue weighted by atomic mass is 10.1. The van der Waals surface area contributed by atoms with Crippen LogP contribution >= 0.6 is 11.6 Å². The zero-order valence-electron chi connectivity index (χ0n) is 20.0. The number of methoxy groups -OCH3 is 1. The number of amides is 1. The van der Waals surface area contributed by atoms with E-state index in [2.05, 4.69) is 5.10 Å². The first kappa shape index (κ1) is 27.6. The van der Waals surface area contributed by atoms with E-state index in [0.717, 1.165) is 0 Å². The van der Waals surface area contributed by atoms with Gasteiger partial charge in [0, 0.05) is 0 Å². The maximum atomic E-state index is 14.3. The van der Waals surface area contributed by atoms with Gasteiger partial charge >= 0.3 is 5.97 Å². The molecule has 0 bridgehead atoms. The van der Waals surface area contributed by atoms with Crippen LogP contribution in [-0.4, -0.2) is 29.8 Å². The van der Waals surface area contributed by atoms with E-state index in [1.54, 1.807) is 12.1 Å². The average molecular weight is 567 g/mol. The third-order valence-corrected chi connectivity index (χ3v) is 5.89. The van der Waals surface area contributed by atoms with Gasteiger partial charge < -0.3 is 14.6 Å². The van der Waals surface area contributed by atoms with Crippen molar-refractivity contribution < 1.29 is 46.1 Å². The Morgan fingerprint density at radius 2 is 1.62 bits per heavy atom. The Morgan fingerprint density at radius 3 is 2.18 bits per heavy atom. The molecule has 1 N–H and O–H groups in total. The van der Waals surface area contributed by atoms with E-state index in [4.69, 9.17) is 26.2 Å². The number of hydrazone groups is 1. The normalized spacial score (nSPS) is 14.2. The number of nitrogens with zero attached hydrogens (tertiary/aromatic N) is 2. The number of halogens is 6. The summed E-state index contributed by atoms with van der Waals surface area (Å²) in [7, 11) is 1.33. The molecule has 0 radical (unpaired) electrons. The van der Waals surface area contributed by atoms with E-state index >= 15 is 0 Å². The first-order valence-electron chi connectivity index (χ1n) is 10.9. The van der Waals surface area contributed by atoms with Crippen LogP contribution in [-0.2, 0) is 11.4 Å².